The van der Waals surface area contributed by atoms with Crippen LogP contribution in [-0.4, -0.2) is 36.7 Å². The molecule has 126 valence electrons. The molecule has 0 amide bonds. The molecule has 2 rings (SSSR count). The molecule has 1 fully saturated rings. The van der Waals surface area contributed by atoms with Crippen molar-refractivity contribution in [2.45, 2.75) is 33.6 Å². The summed E-state index contributed by atoms with van der Waals surface area (Å²) < 4.78 is 5.37. The van der Waals surface area contributed by atoms with E-state index in [0.717, 1.165) is 12.8 Å². The number of benzene rings is 1. The first-order valence-electron chi connectivity index (χ1n) is 8.06. The molecular formula is C18H25NO4. The summed E-state index contributed by atoms with van der Waals surface area (Å²) in [6.45, 7) is 7.28. The number of hydrogen-bond donors (Lipinski definition) is 0. The van der Waals surface area contributed by atoms with Crippen molar-refractivity contribution in [1.82, 2.24) is 5.06 Å². The third-order valence-corrected chi connectivity index (χ3v) is 3.86. The molecule has 23 heavy (non-hydrogen) atoms. The van der Waals surface area contributed by atoms with Crippen LogP contribution >= 0.6 is 0 Å². The maximum absolute atomic E-state index is 11.9. The van der Waals surface area contributed by atoms with Crippen molar-refractivity contribution in [2.75, 3.05) is 19.7 Å². The Morgan fingerprint density at radius 1 is 1.13 bits per heavy atom. The van der Waals surface area contributed by atoms with Gasteiger partial charge in [-0.3, -0.25) is 0 Å². The Balaban J connectivity index is 1.71. The molecule has 0 saturated carbocycles. The molecule has 1 saturated heterocycles. The van der Waals surface area contributed by atoms with E-state index >= 15 is 0 Å². The quantitative estimate of drug-likeness (QED) is 0.798. The number of hydrogen-bond acceptors (Lipinski definition) is 5. The third-order valence-electron chi connectivity index (χ3n) is 3.86. The lowest BCUT2D eigenvalue weighted by Gasteiger charge is -2.31. The molecule has 1 heterocycles. The van der Waals surface area contributed by atoms with Crippen molar-refractivity contribution in [3.8, 4) is 0 Å². The van der Waals surface area contributed by atoms with E-state index in [9.17, 15) is 9.59 Å². The van der Waals surface area contributed by atoms with Crippen LogP contribution < -0.4 is 0 Å². The Morgan fingerprint density at radius 2 is 1.74 bits per heavy atom. The topological polar surface area (TPSA) is 55.8 Å². The standard InChI is InChI=1S/C18H25NO4/c1-18(2,3)17(21)23-19-11-9-14(10-12-19)13-22-16(20)15-7-5-4-6-8-15/h4-8,14H,9-13H2,1-3H3. The van der Waals surface area contributed by atoms with E-state index in [0.29, 0.717) is 31.2 Å². The molecule has 0 unspecified atom stereocenters. The summed E-state index contributed by atoms with van der Waals surface area (Å²) in [5, 5.41) is 1.71. The second-order valence-electron chi connectivity index (χ2n) is 6.97. The highest BCUT2D eigenvalue weighted by Gasteiger charge is 2.28. The van der Waals surface area contributed by atoms with Gasteiger partial charge in [-0.05, 0) is 51.7 Å². The minimum atomic E-state index is -0.498. The van der Waals surface area contributed by atoms with Crippen molar-refractivity contribution in [2.24, 2.45) is 11.3 Å². The smallest absolute Gasteiger partial charge is 0.338 e. The van der Waals surface area contributed by atoms with Gasteiger partial charge in [0.15, 0.2) is 0 Å². The van der Waals surface area contributed by atoms with Gasteiger partial charge in [-0.25, -0.2) is 9.59 Å². The molecule has 5 heteroatoms. The average molecular weight is 319 g/mol. The zero-order valence-electron chi connectivity index (χ0n) is 14.1. The number of ether oxygens (including phenoxy) is 1. The summed E-state index contributed by atoms with van der Waals surface area (Å²) in [5.41, 5.74) is 0.0752. The molecule has 0 bridgehead atoms. The van der Waals surface area contributed by atoms with Crippen molar-refractivity contribution >= 4 is 11.9 Å². The van der Waals surface area contributed by atoms with Gasteiger partial charge in [0.2, 0.25) is 0 Å². The summed E-state index contributed by atoms with van der Waals surface area (Å²) in [4.78, 5) is 29.1. The van der Waals surface area contributed by atoms with Gasteiger partial charge in [-0.1, -0.05) is 18.2 Å². The van der Waals surface area contributed by atoms with Gasteiger partial charge in [0, 0.05) is 13.1 Å². The Morgan fingerprint density at radius 3 is 2.30 bits per heavy atom. The van der Waals surface area contributed by atoms with Crippen LogP contribution in [0.2, 0.25) is 0 Å². The fraction of sp³-hybridized carbons (Fsp3) is 0.556. The first kappa shape index (κ1) is 17.5. The molecule has 5 nitrogen and oxygen atoms in total. The highest BCUT2D eigenvalue weighted by atomic mass is 16.7. The molecule has 0 aromatic heterocycles. The Hall–Kier alpha value is -1.88. The second kappa shape index (κ2) is 7.59. The van der Waals surface area contributed by atoms with Crippen LogP contribution in [0.5, 0.6) is 0 Å². The summed E-state index contributed by atoms with van der Waals surface area (Å²) in [5.74, 6) is -0.189. The molecule has 1 aromatic rings. The number of rotatable bonds is 4. The van der Waals surface area contributed by atoms with E-state index in [1.807, 2.05) is 39.0 Å². The van der Waals surface area contributed by atoms with Gasteiger partial charge in [-0.15, -0.1) is 5.06 Å². The lowest BCUT2D eigenvalue weighted by molar-refractivity contribution is -0.206. The van der Waals surface area contributed by atoms with Crippen LogP contribution in [-0.2, 0) is 14.4 Å². The van der Waals surface area contributed by atoms with E-state index < -0.39 is 5.41 Å². The monoisotopic (exact) mass is 319 g/mol. The van der Waals surface area contributed by atoms with Crippen LogP contribution in [0.25, 0.3) is 0 Å². The lowest BCUT2D eigenvalue weighted by atomic mass is 9.97. The fourth-order valence-electron chi connectivity index (χ4n) is 2.27. The summed E-state index contributed by atoms with van der Waals surface area (Å²) >= 11 is 0. The first-order valence-corrected chi connectivity index (χ1v) is 8.06. The molecular weight excluding hydrogens is 294 g/mol. The van der Waals surface area contributed by atoms with Crippen molar-refractivity contribution in [1.29, 1.82) is 0 Å². The van der Waals surface area contributed by atoms with E-state index in [1.165, 1.54) is 0 Å². The van der Waals surface area contributed by atoms with Gasteiger partial charge in [0.05, 0.1) is 17.6 Å². The number of carbonyl (C=O) groups is 2. The van der Waals surface area contributed by atoms with E-state index in [2.05, 4.69) is 0 Å². The third kappa shape index (κ3) is 5.36. The number of carbonyl (C=O) groups excluding carboxylic acids is 2. The number of piperidine rings is 1. The lowest BCUT2D eigenvalue weighted by Crippen LogP contribution is -2.39. The Labute approximate surface area is 137 Å². The van der Waals surface area contributed by atoms with Crippen molar-refractivity contribution in [3.63, 3.8) is 0 Å². The molecule has 1 aromatic carbocycles. The molecule has 0 spiro atoms. The molecule has 0 radical (unpaired) electrons. The summed E-state index contributed by atoms with van der Waals surface area (Å²) in [6.07, 6.45) is 1.69. The number of nitrogens with zero attached hydrogens (tertiary/aromatic N) is 1. The maximum atomic E-state index is 11.9. The van der Waals surface area contributed by atoms with Crippen LogP contribution in [0.15, 0.2) is 30.3 Å². The predicted molar refractivity (Wildman–Crippen MR) is 86.6 cm³/mol. The number of hydroxylamine groups is 2. The van der Waals surface area contributed by atoms with Crippen molar-refractivity contribution < 1.29 is 19.2 Å². The molecule has 1 aliphatic heterocycles. The maximum Gasteiger partial charge on any atom is 0.338 e. The minimum Gasteiger partial charge on any atom is -0.462 e. The highest BCUT2D eigenvalue weighted by Crippen LogP contribution is 2.21. The highest BCUT2D eigenvalue weighted by molar-refractivity contribution is 5.89. The molecule has 1 aliphatic rings. The van der Waals surface area contributed by atoms with Crippen LogP contribution in [0.1, 0.15) is 44.0 Å². The van der Waals surface area contributed by atoms with Crippen molar-refractivity contribution in [3.05, 3.63) is 35.9 Å². The number of esters is 1. The van der Waals surface area contributed by atoms with Crippen LogP contribution in [0.4, 0.5) is 0 Å². The van der Waals surface area contributed by atoms with E-state index in [4.69, 9.17) is 9.57 Å². The Bertz CT molecular complexity index is 528. The molecule has 0 atom stereocenters. The largest absolute Gasteiger partial charge is 0.462 e. The minimum absolute atomic E-state index is 0.216. The zero-order valence-corrected chi connectivity index (χ0v) is 14.1. The van der Waals surface area contributed by atoms with Gasteiger partial charge in [0.25, 0.3) is 0 Å². The van der Waals surface area contributed by atoms with Crippen LogP contribution in [0, 0.1) is 11.3 Å². The SMILES string of the molecule is CC(C)(C)C(=O)ON1CCC(COC(=O)c2ccccc2)CC1. The normalized spacial score (nSPS) is 16.8. The zero-order chi connectivity index (χ0) is 16.9. The van der Waals surface area contributed by atoms with Gasteiger partial charge >= 0.3 is 11.9 Å². The molecule has 0 N–H and O–H groups in total. The first-order chi connectivity index (χ1) is 10.9. The van der Waals surface area contributed by atoms with Gasteiger partial charge in [-0.2, -0.15) is 0 Å². The fourth-order valence-corrected chi connectivity index (χ4v) is 2.27. The summed E-state index contributed by atoms with van der Waals surface area (Å²) in [7, 11) is 0. The predicted octanol–water partition coefficient (Wildman–Crippen LogP) is 3.06. The average Bonchev–Trinajstić information content (AvgIpc) is 2.54. The molecule has 0 aliphatic carbocycles. The van der Waals surface area contributed by atoms with E-state index in [1.54, 1.807) is 17.2 Å². The van der Waals surface area contributed by atoms with E-state index in [-0.39, 0.29) is 11.9 Å². The van der Waals surface area contributed by atoms with Crippen LogP contribution in [0.3, 0.4) is 0 Å². The second-order valence-corrected chi connectivity index (χ2v) is 6.97. The van der Waals surface area contributed by atoms with Gasteiger partial charge < -0.3 is 9.57 Å². The Kier molecular flexibility index (Phi) is 5.77. The van der Waals surface area contributed by atoms with Gasteiger partial charge in [0.1, 0.15) is 0 Å². The summed E-state index contributed by atoms with van der Waals surface area (Å²) in [6, 6.07) is 9.00.